The summed E-state index contributed by atoms with van der Waals surface area (Å²) in [5.74, 6) is -2.07. The van der Waals surface area contributed by atoms with E-state index in [1.807, 2.05) is 0 Å². The molecule has 1 aliphatic carbocycles. The Bertz CT molecular complexity index is 1430. The fraction of sp³-hybridized carbons (Fsp3) is 0.160. The molecule has 0 unspecified atom stereocenters. The number of nitro benzene ring substituents is 1. The number of thiazole rings is 1. The Morgan fingerprint density at radius 1 is 1.22 bits per heavy atom. The number of ketones is 1. The molecule has 2 aromatic carbocycles. The molecule has 2 aliphatic rings. The summed E-state index contributed by atoms with van der Waals surface area (Å²) >= 11 is 1.21. The largest absolute Gasteiger partial charge is 0.384 e. The number of benzene rings is 2. The third-order valence-electron chi connectivity index (χ3n) is 6.19. The lowest BCUT2D eigenvalue weighted by Gasteiger charge is -2.40. The van der Waals surface area contributed by atoms with Crippen molar-refractivity contribution >= 4 is 39.5 Å². The number of hydrogen-bond donors (Lipinski definition) is 2. The topological polar surface area (TPSA) is 131 Å². The van der Waals surface area contributed by atoms with Crippen LogP contribution in [-0.2, 0) is 9.59 Å². The SMILES string of the molecule is NC1=C(C(=O)Nc2nccs2)[C@H](c2cccc([N+](=O)[O-])c2)C2=C(CCCC2=O)N1c1ccc(F)cc1. The van der Waals surface area contributed by atoms with E-state index < -0.39 is 22.6 Å². The number of carbonyl (C=O) groups excluding carboxylic acids is 2. The summed E-state index contributed by atoms with van der Waals surface area (Å²) < 4.78 is 13.7. The number of carbonyl (C=O) groups is 2. The minimum Gasteiger partial charge on any atom is -0.384 e. The van der Waals surface area contributed by atoms with Crippen molar-refractivity contribution in [1.29, 1.82) is 0 Å². The Kier molecular flexibility index (Phi) is 6.06. The number of rotatable bonds is 5. The van der Waals surface area contributed by atoms with Crippen molar-refractivity contribution in [3.63, 3.8) is 0 Å². The van der Waals surface area contributed by atoms with E-state index in [9.17, 15) is 24.1 Å². The van der Waals surface area contributed by atoms with Crippen molar-refractivity contribution in [2.45, 2.75) is 25.2 Å². The van der Waals surface area contributed by atoms with E-state index in [4.69, 9.17) is 5.73 Å². The Labute approximate surface area is 208 Å². The number of hydrogen-bond acceptors (Lipinski definition) is 8. The van der Waals surface area contributed by atoms with Crippen molar-refractivity contribution in [2.24, 2.45) is 5.73 Å². The Hall–Kier alpha value is -4.38. The maximum Gasteiger partial charge on any atom is 0.269 e. The molecule has 1 atom stereocenters. The first-order valence-electron chi connectivity index (χ1n) is 11.1. The summed E-state index contributed by atoms with van der Waals surface area (Å²) in [4.78, 5) is 43.7. The number of non-ortho nitro benzene ring substituents is 1. The molecule has 0 saturated carbocycles. The van der Waals surface area contributed by atoms with Crippen molar-refractivity contribution < 1.29 is 18.9 Å². The number of allylic oxidation sites excluding steroid dienone is 2. The van der Waals surface area contributed by atoms with Gasteiger partial charge in [0.1, 0.15) is 11.6 Å². The normalized spacial score (nSPS) is 17.8. The van der Waals surface area contributed by atoms with Gasteiger partial charge >= 0.3 is 0 Å². The van der Waals surface area contributed by atoms with Gasteiger partial charge in [0.2, 0.25) is 0 Å². The monoisotopic (exact) mass is 505 g/mol. The highest BCUT2D eigenvalue weighted by Crippen LogP contribution is 2.47. The Balaban J connectivity index is 1.75. The van der Waals surface area contributed by atoms with Crippen molar-refractivity contribution in [1.82, 2.24) is 4.98 Å². The number of nitro groups is 1. The number of Topliss-reactive ketones (excluding diaryl/α,β-unsaturated/α-hetero) is 1. The molecule has 0 saturated heterocycles. The van der Waals surface area contributed by atoms with Gasteiger partial charge in [0.05, 0.1) is 10.5 Å². The summed E-state index contributed by atoms with van der Waals surface area (Å²) in [7, 11) is 0. The number of amides is 1. The molecule has 0 bridgehead atoms. The maximum atomic E-state index is 13.7. The first-order valence-corrected chi connectivity index (χ1v) is 12.0. The van der Waals surface area contributed by atoms with Crippen LogP contribution in [0.5, 0.6) is 0 Å². The number of nitrogens with zero attached hydrogens (tertiary/aromatic N) is 3. The molecule has 3 N–H and O–H groups in total. The highest BCUT2D eigenvalue weighted by Gasteiger charge is 2.43. The van der Waals surface area contributed by atoms with E-state index in [1.54, 1.807) is 16.3 Å². The number of nitrogens with one attached hydrogen (secondary N) is 1. The van der Waals surface area contributed by atoms with E-state index in [-0.39, 0.29) is 29.3 Å². The first-order chi connectivity index (χ1) is 17.3. The molecule has 1 aromatic heterocycles. The van der Waals surface area contributed by atoms with Gasteiger partial charge in [-0.25, -0.2) is 9.37 Å². The van der Waals surface area contributed by atoms with Gasteiger partial charge in [0, 0.05) is 53.0 Å². The molecule has 0 spiro atoms. The second kappa shape index (κ2) is 9.34. The highest BCUT2D eigenvalue weighted by molar-refractivity contribution is 7.13. The van der Waals surface area contributed by atoms with Gasteiger partial charge in [-0.1, -0.05) is 12.1 Å². The van der Waals surface area contributed by atoms with Crippen molar-refractivity contribution in [3.05, 3.63) is 104 Å². The smallest absolute Gasteiger partial charge is 0.269 e. The zero-order valence-electron chi connectivity index (χ0n) is 18.8. The van der Waals surface area contributed by atoms with Crippen LogP contribution in [0.15, 0.2) is 82.8 Å². The third-order valence-corrected chi connectivity index (χ3v) is 6.88. The van der Waals surface area contributed by atoms with E-state index in [1.165, 1.54) is 60.0 Å². The van der Waals surface area contributed by atoms with Gasteiger partial charge in [-0.3, -0.25) is 29.9 Å². The summed E-state index contributed by atoms with van der Waals surface area (Å²) in [6.45, 7) is 0. The highest BCUT2D eigenvalue weighted by atomic mass is 32.1. The molecular weight excluding hydrogens is 485 g/mol. The van der Waals surface area contributed by atoms with Crippen molar-refractivity contribution in [3.8, 4) is 0 Å². The van der Waals surface area contributed by atoms with E-state index in [0.29, 0.717) is 40.5 Å². The minimum absolute atomic E-state index is 0.0561. The predicted molar refractivity (Wildman–Crippen MR) is 133 cm³/mol. The fourth-order valence-corrected chi connectivity index (χ4v) is 5.22. The molecule has 182 valence electrons. The summed E-state index contributed by atoms with van der Waals surface area (Å²) in [6.07, 6.45) is 2.87. The molecule has 0 radical (unpaired) electrons. The molecule has 9 nitrogen and oxygen atoms in total. The summed E-state index contributed by atoms with van der Waals surface area (Å²) in [5, 5.41) is 16.3. The second-order valence-electron chi connectivity index (χ2n) is 8.32. The second-order valence-corrected chi connectivity index (χ2v) is 9.22. The van der Waals surface area contributed by atoms with Crippen LogP contribution in [0.2, 0.25) is 0 Å². The van der Waals surface area contributed by atoms with Crippen LogP contribution in [0.4, 0.5) is 20.9 Å². The van der Waals surface area contributed by atoms with Gasteiger partial charge < -0.3 is 5.73 Å². The lowest BCUT2D eigenvalue weighted by molar-refractivity contribution is -0.384. The molecule has 2 heterocycles. The van der Waals surface area contributed by atoms with Gasteiger partial charge in [0.15, 0.2) is 10.9 Å². The zero-order valence-corrected chi connectivity index (χ0v) is 19.6. The Morgan fingerprint density at radius 2 is 2.00 bits per heavy atom. The van der Waals surface area contributed by atoms with Crippen LogP contribution in [-0.4, -0.2) is 21.6 Å². The van der Waals surface area contributed by atoms with Crippen LogP contribution >= 0.6 is 11.3 Å². The molecule has 3 aromatic rings. The van der Waals surface area contributed by atoms with Gasteiger partial charge in [-0.2, -0.15) is 0 Å². The maximum absolute atomic E-state index is 13.7. The molecule has 11 heteroatoms. The molecule has 1 aliphatic heterocycles. The molecule has 36 heavy (non-hydrogen) atoms. The van der Waals surface area contributed by atoms with Crippen LogP contribution in [0.25, 0.3) is 0 Å². The van der Waals surface area contributed by atoms with Gasteiger partial charge in [-0.15, -0.1) is 11.3 Å². The van der Waals surface area contributed by atoms with Gasteiger partial charge in [0.25, 0.3) is 11.6 Å². The molecule has 0 fully saturated rings. The average Bonchev–Trinajstić information content (AvgIpc) is 3.37. The number of halogens is 1. The summed E-state index contributed by atoms with van der Waals surface area (Å²) in [5.41, 5.74) is 8.39. The van der Waals surface area contributed by atoms with Crippen molar-refractivity contribution in [2.75, 3.05) is 10.2 Å². The van der Waals surface area contributed by atoms with Crippen LogP contribution in [0.3, 0.4) is 0 Å². The third kappa shape index (κ3) is 4.13. The fourth-order valence-electron chi connectivity index (χ4n) is 4.70. The summed E-state index contributed by atoms with van der Waals surface area (Å²) in [6, 6.07) is 11.4. The van der Waals surface area contributed by atoms with Crippen LogP contribution in [0, 0.1) is 15.9 Å². The number of nitrogens with two attached hydrogens (primary N) is 1. The quantitative estimate of drug-likeness (QED) is 0.382. The van der Waals surface area contributed by atoms with Gasteiger partial charge in [-0.05, 0) is 42.7 Å². The van der Waals surface area contributed by atoms with Crippen LogP contribution in [0.1, 0.15) is 30.7 Å². The number of anilines is 2. The average molecular weight is 506 g/mol. The standard InChI is InChI=1S/C25H20FN5O4S/c26-15-7-9-16(10-8-15)30-18-5-2-6-19(32)21(18)20(14-3-1-4-17(13-14)31(34)35)22(23(30)27)24(33)29-25-28-11-12-36-25/h1,3-4,7-13,20H,2,5-6,27H2,(H,28,29,33)/t20-/m1/s1. The number of aromatic nitrogens is 1. The lowest BCUT2D eigenvalue weighted by atomic mass is 9.75. The first kappa shape index (κ1) is 23.4. The molecule has 1 amide bonds. The molecular formula is C25H20FN5O4S. The zero-order chi connectivity index (χ0) is 25.4. The molecule has 5 rings (SSSR count). The van der Waals surface area contributed by atoms with E-state index in [0.717, 1.165) is 0 Å². The minimum atomic E-state index is -0.927. The van der Waals surface area contributed by atoms with E-state index in [2.05, 4.69) is 10.3 Å². The van der Waals surface area contributed by atoms with E-state index >= 15 is 0 Å². The predicted octanol–water partition coefficient (Wildman–Crippen LogP) is 4.61. The Morgan fingerprint density at radius 3 is 2.69 bits per heavy atom. The van der Waals surface area contributed by atoms with Crippen LogP contribution < -0.4 is 16.0 Å². The lowest BCUT2D eigenvalue weighted by Crippen LogP contribution is -2.41.